The Morgan fingerprint density at radius 1 is 1.41 bits per heavy atom. The number of hydrogen-bond donors (Lipinski definition) is 1. The van der Waals surface area contributed by atoms with Crippen LogP contribution in [0.1, 0.15) is 24.5 Å². The van der Waals surface area contributed by atoms with Gasteiger partial charge in [-0.2, -0.15) is 0 Å². The van der Waals surface area contributed by atoms with Crippen molar-refractivity contribution in [3.05, 3.63) is 41.5 Å². The minimum absolute atomic E-state index is 0.182. The molecule has 0 heterocycles. The van der Waals surface area contributed by atoms with E-state index in [2.05, 4.69) is 24.3 Å². The maximum atomic E-state index is 10.7. The summed E-state index contributed by atoms with van der Waals surface area (Å²) in [7, 11) is 0. The van der Waals surface area contributed by atoms with E-state index in [-0.39, 0.29) is 5.12 Å². The molecular formula is C14H19NOS. The summed E-state index contributed by atoms with van der Waals surface area (Å²) in [5.74, 6) is 0.852. The molecular weight excluding hydrogens is 230 g/mol. The zero-order chi connectivity index (χ0) is 12.5. The average Bonchev–Trinajstić information content (AvgIpc) is 2.31. The van der Waals surface area contributed by atoms with Gasteiger partial charge in [0.15, 0.2) is 5.12 Å². The van der Waals surface area contributed by atoms with Gasteiger partial charge in [-0.15, -0.1) is 0 Å². The summed E-state index contributed by atoms with van der Waals surface area (Å²) in [5, 5.41) is 0.182. The molecule has 0 aliphatic heterocycles. The van der Waals surface area contributed by atoms with Crippen molar-refractivity contribution in [1.29, 1.82) is 0 Å². The number of benzene rings is 1. The van der Waals surface area contributed by atoms with Crippen LogP contribution in [0.2, 0.25) is 0 Å². The van der Waals surface area contributed by atoms with E-state index in [1.807, 2.05) is 12.1 Å². The Morgan fingerprint density at radius 3 is 2.88 bits per heavy atom. The molecule has 17 heavy (non-hydrogen) atoms. The Morgan fingerprint density at radius 2 is 2.18 bits per heavy atom. The minimum atomic E-state index is 0.182. The summed E-state index contributed by atoms with van der Waals surface area (Å²) < 4.78 is 0. The first-order valence-electron chi connectivity index (χ1n) is 5.82. The average molecular weight is 249 g/mol. The number of hydrogen-bond acceptors (Lipinski definition) is 3. The van der Waals surface area contributed by atoms with Crippen LogP contribution in [0.3, 0.4) is 0 Å². The molecule has 92 valence electrons. The van der Waals surface area contributed by atoms with Gasteiger partial charge >= 0.3 is 0 Å². The SMILES string of the molecule is CC(=O)SCCC=Cc1ccccc1CCN. The fourth-order valence-electron chi connectivity index (χ4n) is 1.56. The van der Waals surface area contributed by atoms with Crippen LogP contribution >= 0.6 is 11.8 Å². The van der Waals surface area contributed by atoms with Gasteiger partial charge in [-0.1, -0.05) is 48.2 Å². The number of thioether (sulfide) groups is 1. The van der Waals surface area contributed by atoms with Gasteiger partial charge in [0.05, 0.1) is 0 Å². The molecule has 0 atom stereocenters. The predicted octanol–water partition coefficient (Wildman–Crippen LogP) is 2.87. The highest BCUT2D eigenvalue weighted by Crippen LogP contribution is 2.12. The zero-order valence-corrected chi connectivity index (χ0v) is 11.0. The molecule has 2 nitrogen and oxygen atoms in total. The number of nitrogens with two attached hydrogens (primary N) is 1. The van der Waals surface area contributed by atoms with E-state index in [1.54, 1.807) is 6.92 Å². The van der Waals surface area contributed by atoms with Gasteiger partial charge in [0, 0.05) is 12.7 Å². The number of carbonyl (C=O) groups excluding carboxylic acids is 1. The molecule has 0 unspecified atom stereocenters. The number of carbonyl (C=O) groups is 1. The smallest absolute Gasteiger partial charge is 0.185 e. The summed E-state index contributed by atoms with van der Waals surface area (Å²) in [4.78, 5) is 10.7. The largest absolute Gasteiger partial charge is 0.330 e. The van der Waals surface area contributed by atoms with Crippen molar-refractivity contribution in [1.82, 2.24) is 0 Å². The lowest BCUT2D eigenvalue weighted by Gasteiger charge is -2.03. The molecule has 2 N–H and O–H groups in total. The predicted molar refractivity (Wildman–Crippen MR) is 76.0 cm³/mol. The second kappa shape index (κ2) is 8.09. The first-order valence-corrected chi connectivity index (χ1v) is 6.80. The van der Waals surface area contributed by atoms with Crippen molar-refractivity contribution in [2.75, 3.05) is 12.3 Å². The third-order valence-electron chi connectivity index (χ3n) is 2.36. The Labute approximate surface area is 107 Å². The molecule has 0 fully saturated rings. The van der Waals surface area contributed by atoms with Crippen LogP contribution < -0.4 is 5.73 Å². The van der Waals surface area contributed by atoms with E-state index >= 15 is 0 Å². The van der Waals surface area contributed by atoms with Gasteiger partial charge in [0.25, 0.3) is 0 Å². The van der Waals surface area contributed by atoms with Gasteiger partial charge in [0.1, 0.15) is 0 Å². The number of allylic oxidation sites excluding steroid dienone is 1. The Bertz CT molecular complexity index is 388. The number of rotatable bonds is 6. The molecule has 0 saturated carbocycles. The first kappa shape index (κ1) is 14.0. The van der Waals surface area contributed by atoms with Crippen molar-refractivity contribution >= 4 is 23.0 Å². The van der Waals surface area contributed by atoms with E-state index in [9.17, 15) is 4.79 Å². The lowest BCUT2D eigenvalue weighted by molar-refractivity contribution is -0.109. The zero-order valence-electron chi connectivity index (χ0n) is 10.2. The Balaban J connectivity index is 2.49. The van der Waals surface area contributed by atoms with Crippen molar-refractivity contribution in [2.45, 2.75) is 19.8 Å². The van der Waals surface area contributed by atoms with Crippen molar-refractivity contribution in [3.8, 4) is 0 Å². The molecule has 0 spiro atoms. The second-order valence-corrected chi connectivity index (χ2v) is 5.04. The quantitative estimate of drug-likeness (QED) is 0.788. The molecule has 1 aromatic carbocycles. The summed E-state index contributed by atoms with van der Waals surface area (Å²) in [6.45, 7) is 2.27. The molecule has 0 aliphatic rings. The first-order chi connectivity index (χ1) is 8.24. The van der Waals surface area contributed by atoms with E-state index in [0.717, 1.165) is 18.6 Å². The molecule has 0 saturated heterocycles. The van der Waals surface area contributed by atoms with E-state index in [1.165, 1.54) is 22.9 Å². The molecule has 0 amide bonds. The van der Waals surface area contributed by atoms with Crippen LogP contribution in [0, 0.1) is 0 Å². The summed E-state index contributed by atoms with van der Waals surface area (Å²) >= 11 is 1.37. The maximum absolute atomic E-state index is 10.7. The third kappa shape index (κ3) is 5.71. The Kier molecular flexibility index (Phi) is 6.67. The van der Waals surface area contributed by atoms with Gasteiger partial charge in [-0.25, -0.2) is 0 Å². The molecule has 1 aromatic rings. The van der Waals surface area contributed by atoms with Crippen molar-refractivity contribution in [3.63, 3.8) is 0 Å². The third-order valence-corrected chi connectivity index (χ3v) is 3.20. The summed E-state index contributed by atoms with van der Waals surface area (Å²) in [6.07, 6.45) is 6.06. The minimum Gasteiger partial charge on any atom is -0.330 e. The lowest BCUT2D eigenvalue weighted by Crippen LogP contribution is -2.03. The van der Waals surface area contributed by atoms with Crippen LogP contribution in [-0.2, 0) is 11.2 Å². The molecule has 0 bridgehead atoms. The lowest BCUT2D eigenvalue weighted by atomic mass is 10.0. The normalized spacial score (nSPS) is 10.9. The van der Waals surface area contributed by atoms with E-state index < -0.39 is 0 Å². The van der Waals surface area contributed by atoms with E-state index in [4.69, 9.17) is 5.73 Å². The van der Waals surface area contributed by atoms with Crippen LogP contribution in [0.15, 0.2) is 30.3 Å². The van der Waals surface area contributed by atoms with Crippen LogP contribution in [0.4, 0.5) is 0 Å². The van der Waals surface area contributed by atoms with Gasteiger partial charge in [-0.3, -0.25) is 4.79 Å². The molecule has 0 aromatic heterocycles. The highest BCUT2D eigenvalue weighted by molar-refractivity contribution is 8.13. The van der Waals surface area contributed by atoms with Crippen molar-refractivity contribution in [2.24, 2.45) is 5.73 Å². The highest BCUT2D eigenvalue weighted by atomic mass is 32.2. The summed E-state index contributed by atoms with van der Waals surface area (Å²) in [6, 6.07) is 8.27. The molecule has 3 heteroatoms. The molecule has 1 rings (SSSR count). The highest BCUT2D eigenvalue weighted by Gasteiger charge is 1.96. The van der Waals surface area contributed by atoms with Gasteiger partial charge in [-0.05, 0) is 30.5 Å². The second-order valence-electron chi connectivity index (χ2n) is 3.77. The standard InChI is InChI=1S/C14H19NOS/c1-12(16)17-11-5-4-8-13-6-2-3-7-14(13)9-10-15/h2-4,6-8H,5,9-11,15H2,1H3. The fraction of sp³-hybridized carbons (Fsp3) is 0.357. The fourth-order valence-corrected chi connectivity index (χ4v) is 2.10. The van der Waals surface area contributed by atoms with E-state index in [0.29, 0.717) is 6.54 Å². The Hall–Kier alpha value is -1.06. The van der Waals surface area contributed by atoms with Crippen LogP contribution in [0.25, 0.3) is 6.08 Å². The van der Waals surface area contributed by atoms with Gasteiger partial charge < -0.3 is 5.73 Å². The summed E-state index contributed by atoms with van der Waals surface area (Å²) in [5.41, 5.74) is 8.08. The molecule has 0 radical (unpaired) electrons. The maximum Gasteiger partial charge on any atom is 0.185 e. The molecule has 0 aliphatic carbocycles. The van der Waals surface area contributed by atoms with Crippen LogP contribution in [0.5, 0.6) is 0 Å². The topological polar surface area (TPSA) is 43.1 Å². The van der Waals surface area contributed by atoms with Crippen LogP contribution in [-0.4, -0.2) is 17.4 Å². The van der Waals surface area contributed by atoms with Gasteiger partial charge in [0.2, 0.25) is 0 Å². The monoisotopic (exact) mass is 249 g/mol. The van der Waals surface area contributed by atoms with Crippen molar-refractivity contribution < 1.29 is 4.79 Å².